The number of aromatic nitrogens is 1. The van der Waals surface area contributed by atoms with Gasteiger partial charge in [0.25, 0.3) is 5.91 Å². The van der Waals surface area contributed by atoms with Crippen molar-refractivity contribution in [3.63, 3.8) is 0 Å². The molecule has 0 spiro atoms. The predicted octanol–water partition coefficient (Wildman–Crippen LogP) is 2.47. The van der Waals surface area contributed by atoms with Gasteiger partial charge in [-0.3, -0.25) is 9.63 Å². The maximum Gasteiger partial charge on any atom is 0.252 e. The van der Waals surface area contributed by atoms with E-state index in [1.807, 2.05) is 20.8 Å². The van der Waals surface area contributed by atoms with E-state index >= 15 is 0 Å². The highest BCUT2D eigenvalue weighted by molar-refractivity contribution is 5.81. The smallest absolute Gasteiger partial charge is 0.252 e. The average Bonchev–Trinajstić information content (AvgIpc) is 2.75. The van der Waals surface area contributed by atoms with Gasteiger partial charge in [0.15, 0.2) is 0 Å². The molecule has 1 aromatic heterocycles. The number of carbonyl (C=O) groups is 1. The third-order valence-corrected chi connectivity index (χ3v) is 2.88. The number of halogens is 1. The highest BCUT2D eigenvalue weighted by Crippen LogP contribution is 2.33. The van der Waals surface area contributed by atoms with Crippen LogP contribution in [-0.4, -0.2) is 22.6 Å². The lowest BCUT2D eigenvalue weighted by molar-refractivity contribution is -0.186. The van der Waals surface area contributed by atoms with Crippen molar-refractivity contribution in [3.8, 4) is 0 Å². The zero-order valence-electron chi connectivity index (χ0n) is 10.8. The molecular weight excluding hydrogens is 235 g/mol. The first-order valence-electron chi connectivity index (χ1n) is 5.97. The minimum absolute atomic E-state index is 0.0952. The van der Waals surface area contributed by atoms with Crippen molar-refractivity contribution in [2.24, 2.45) is 5.41 Å². The van der Waals surface area contributed by atoms with Crippen LogP contribution < -0.4 is 0 Å². The van der Waals surface area contributed by atoms with Crippen LogP contribution in [0.3, 0.4) is 0 Å². The number of hydrogen-bond acceptors (Lipinski definition) is 3. The van der Waals surface area contributed by atoms with E-state index in [-0.39, 0.29) is 11.9 Å². The van der Waals surface area contributed by atoms with Crippen LogP contribution in [0.25, 0.3) is 0 Å². The van der Waals surface area contributed by atoms with Gasteiger partial charge in [-0.05, 0) is 17.7 Å². The van der Waals surface area contributed by atoms with Gasteiger partial charge in [-0.25, -0.2) is 10.0 Å². The second kappa shape index (κ2) is 4.65. The van der Waals surface area contributed by atoms with Gasteiger partial charge >= 0.3 is 0 Å². The Labute approximate surface area is 106 Å². The molecule has 0 bridgehead atoms. The summed E-state index contributed by atoms with van der Waals surface area (Å²) in [6.07, 6.45) is 2.08. The van der Waals surface area contributed by atoms with Crippen LogP contribution in [0, 0.1) is 11.4 Å². The van der Waals surface area contributed by atoms with Gasteiger partial charge in [0.2, 0.25) is 5.95 Å². The molecule has 2 rings (SSSR count). The van der Waals surface area contributed by atoms with Crippen LogP contribution in [0.2, 0.25) is 0 Å². The standard InChI is InChI=1S/C13H17FN2O2/c1-13(2,3)12(17)16-10(5-7-18-16)9-4-6-15-11(14)8-9/h4,6,8,10H,5,7H2,1-3H3/t10-/m1/s1. The van der Waals surface area contributed by atoms with E-state index in [0.29, 0.717) is 13.0 Å². The first-order valence-corrected chi connectivity index (χ1v) is 5.97. The van der Waals surface area contributed by atoms with Gasteiger partial charge < -0.3 is 0 Å². The first-order chi connectivity index (χ1) is 8.39. The average molecular weight is 252 g/mol. The third-order valence-electron chi connectivity index (χ3n) is 2.88. The van der Waals surface area contributed by atoms with Crippen LogP contribution >= 0.6 is 0 Å². The molecule has 1 atom stereocenters. The molecule has 1 saturated heterocycles. The molecular formula is C13H17FN2O2. The summed E-state index contributed by atoms with van der Waals surface area (Å²) in [5.74, 6) is -0.634. The van der Waals surface area contributed by atoms with Gasteiger partial charge in [0, 0.05) is 18.0 Å². The summed E-state index contributed by atoms with van der Waals surface area (Å²) >= 11 is 0. The summed E-state index contributed by atoms with van der Waals surface area (Å²) in [6.45, 7) is 5.97. The molecule has 4 nitrogen and oxygen atoms in total. The molecule has 1 aliphatic heterocycles. The van der Waals surface area contributed by atoms with Crippen LogP contribution in [0.15, 0.2) is 18.3 Å². The lowest BCUT2D eigenvalue weighted by atomic mass is 9.94. The minimum Gasteiger partial charge on any atom is -0.272 e. The van der Waals surface area contributed by atoms with Crippen LogP contribution in [0.5, 0.6) is 0 Å². The van der Waals surface area contributed by atoms with E-state index in [1.165, 1.54) is 17.3 Å². The summed E-state index contributed by atoms with van der Waals surface area (Å²) in [4.78, 5) is 21.1. The van der Waals surface area contributed by atoms with E-state index in [0.717, 1.165) is 5.56 Å². The van der Waals surface area contributed by atoms with E-state index in [4.69, 9.17) is 4.84 Å². The minimum atomic E-state index is -0.539. The Balaban J connectivity index is 2.25. The lowest BCUT2D eigenvalue weighted by Crippen LogP contribution is -2.38. The molecule has 1 aliphatic rings. The number of pyridine rings is 1. The van der Waals surface area contributed by atoms with E-state index < -0.39 is 11.4 Å². The van der Waals surface area contributed by atoms with Crippen LogP contribution in [-0.2, 0) is 9.63 Å². The fraction of sp³-hybridized carbons (Fsp3) is 0.538. The zero-order chi connectivity index (χ0) is 13.3. The SMILES string of the molecule is CC(C)(C)C(=O)N1OCC[C@@H]1c1ccnc(F)c1. The fourth-order valence-electron chi connectivity index (χ4n) is 1.93. The predicted molar refractivity (Wildman–Crippen MR) is 63.8 cm³/mol. The van der Waals surface area contributed by atoms with Crippen molar-refractivity contribution in [1.82, 2.24) is 10.0 Å². The Morgan fingerprint density at radius 2 is 2.28 bits per heavy atom. The van der Waals surface area contributed by atoms with Crippen molar-refractivity contribution in [2.45, 2.75) is 33.2 Å². The zero-order valence-corrected chi connectivity index (χ0v) is 10.8. The molecule has 5 heteroatoms. The molecule has 1 aromatic rings. The second-order valence-electron chi connectivity index (χ2n) is 5.43. The summed E-state index contributed by atoms with van der Waals surface area (Å²) < 4.78 is 13.1. The number of hydrogen-bond donors (Lipinski definition) is 0. The maximum absolute atomic E-state index is 13.1. The van der Waals surface area contributed by atoms with Crippen molar-refractivity contribution >= 4 is 5.91 Å². The molecule has 0 aliphatic carbocycles. The summed E-state index contributed by atoms with van der Waals surface area (Å²) in [5, 5.41) is 1.37. The topological polar surface area (TPSA) is 42.4 Å². The third kappa shape index (κ3) is 2.51. The van der Waals surface area contributed by atoms with E-state index in [1.54, 1.807) is 6.07 Å². The molecule has 0 unspecified atom stereocenters. The van der Waals surface area contributed by atoms with Crippen LogP contribution in [0.4, 0.5) is 4.39 Å². The van der Waals surface area contributed by atoms with Gasteiger partial charge in [0.05, 0.1) is 12.6 Å². The highest BCUT2D eigenvalue weighted by atomic mass is 19.1. The Morgan fingerprint density at radius 1 is 1.56 bits per heavy atom. The highest BCUT2D eigenvalue weighted by Gasteiger charge is 2.37. The fourth-order valence-corrected chi connectivity index (χ4v) is 1.93. The Kier molecular flexibility index (Phi) is 3.34. The molecule has 2 heterocycles. The molecule has 18 heavy (non-hydrogen) atoms. The summed E-state index contributed by atoms with van der Waals surface area (Å²) in [6, 6.07) is 2.84. The van der Waals surface area contributed by atoms with Gasteiger partial charge in [-0.1, -0.05) is 20.8 Å². The van der Waals surface area contributed by atoms with Gasteiger partial charge in [-0.15, -0.1) is 0 Å². The monoisotopic (exact) mass is 252 g/mol. The molecule has 1 amide bonds. The van der Waals surface area contributed by atoms with Crippen molar-refractivity contribution in [2.75, 3.05) is 6.61 Å². The molecule has 0 N–H and O–H groups in total. The number of carbonyl (C=O) groups excluding carboxylic acids is 1. The summed E-state index contributed by atoms with van der Waals surface area (Å²) in [5.41, 5.74) is 0.200. The number of hydroxylamine groups is 2. The maximum atomic E-state index is 13.1. The number of amides is 1. The van der Waals surface area contributed by atoms with Gasteiger partial charge in [0.1, 0.15) is 0 Å². The molecule has 0 aromatic carbocycles. The molecule has 0 radical (unpaired) electrons. The Morgan fingerprint density at radius 3 is 2.89 bits per heavy atom. The van der Waals surface area contributed by atoms with Crippen molar-refractivity contribution < 1.29 is 14.0 Å². The Bertz CT molecular complexity index is 457. The molecule has 0 saturated carbocycles. The van der Waals surface area contributed by atoms with Gasteiger partial charge in [-0.2, -0.15) is 4.39 Å². The quantitative estimate of drug-likeness (QED) is 0.721. The summed E-state index contributed by atoms with van der Waals surface area (Å²) in [7, 11) is 0. The lowest BCUT2D eigenvalue weighted by Gasteiger charge is -2.29. The van der Waals surface area contributed by atoms with Crippen molar-refractivity contribution in [1.29, 1.82) is 0 Å². The first kappa shape index (κ1) is 13.0. The number of rotatable bonds is 1. The van der Waals surface area contributed by atoms with E-state index in [2.05, 4.69) is 4.98 Å². The number of nitrogens with zero attached hydrogens (tertiary/aromatic N) is 2. The molecule has 98 valence electrons. The Hall–Kier alpha value is -1.49. The van der Waals surface area contributed by atoms with E-state index in [9.17, 15) is 9.18 Å². The van der Waals surface area contributed by atoms with Crippen LogP contribution in [0.1, 0.15) is 38.8 Å². The normalized spacial score (nSPS) is 20.2. The van der Waals surface area contributed by atoms with Crippen molar-refractivity contribution in [3.05, 3.63) is 29.8 Å². The second-order valence-corrected chi connectivity index (χ2v) is 5.43. The largest absolute Gasteiger partial charge is 0.272 e. The molecule has 1 fully saturated rings.